The van der Waals surface area contributed by atoms with Crippen LogP contribution in [0.1, 0.15) is 29.6 Å². The number of benzene rings is 2. The Balaban J connectivity index is 1.50. The summed E-state index contributed by atoms with van der Waals surface area (Å²) in [5, 5.41) is 6.14. The Kier molecular flexibility index (Phi) is 7.41. The second-order valence-corrected chi connectivity index (χ2v) is 12.0. The summed E-state index contributed by atoms with van der Waals surface area (Å²) in [6.45, 7) is -0.0381. The maximum absolute atomic E-state index is 13.8. The summed E-state index contributed by atoms with van der Waals surface area (Å²) >= 11 is 18.4. The molecule has 0 bridgehead atoms. The van der Waals surface area contributed by atoms with E-state index in [0.29, 0.717) is 19.3 Å². The second kappa shape index (κ2) is 10.6. The summed E-state index contributed by atoms with van der Waals surface area (Å²) in [7, 11) is -4.10. The minimum atomic E-state index is -4.10. The van der Waals surface area contributed by atoms with Gasteiger partial charge in [-0.3, -0.25) is 13.9 Å². The lowest BCUT2D eigenvalue weighted by Crippen LogP contribution is -2.46. The molecule has 1 saturated heterocycles. The van der Waals surface area contributed by atoms with E-state index in [4.69, 9.17) is 39.5 Å². The number of carbonyl (C=O) groups excluding carboxylic acids is 2. The summed E-state index contributed by atoms with van der Waals surface area (Å²) in [4.78, 5) is 28.9. The highest BCUT2D eigenvalue weighted by atomic mass is 35.5. The molecule has 2 aliphatic rings. The van der Waals surface area contributed by atoms with Gasteiger partial charge in [0.05, 0.1) is 38.9 Å². The Morgan fingerprint density at radius 3 is 2.55 bits per heavy atom. The van der Waals surface area contributed by atoms with E-state index in [9.17, 15) is 18.0 Å². The van der Waals surface area contributed by atoms with Gasteiger partial charge >= 0.3 is 0 Å². The summed E-state index contributed by atoms with van der Waals surface area (Å²) in [5.74, 6) is -0.560. The number of halogens is 3. The lowest BCUT2D eigenvalue weighted by Gasteiger charge is -2.35. The molecule has 0 saturated carbocycles. The Bertz CT molecular complexity index is 1510. The lowest BCUT2D eigenvalue weighted by molar-refractivity contribution is -0.119. The molecule has 38 heavy (non-hydrogen) atoms. The minimum Gasteiger partial charge on any atom is -0.471 e. The molecule has 2 amide bonds. The molecule has 198 valence electrons. The van der Waals surface area contributed by atoms with Crippen LogP contribution in [0.4, 0.5) is 11.4 Å². The molecule has 2 unspecified atom stereocenters. The Morgan fingerprint density at radius 2 is 1.87 bits per heavy atom. The van der Waals surface area contributed by atoms with Crippen molar-refractivity contribution in [1.29, 1.82) is 0 Å². The van der Waals surface area contributed by atoms with Gasteiger partial charge in [-0.2, -0.15) is 0 Å². The molecule has 1 fully saturated rings. The van der Waals surface area contributed by atoms with Gasteiger partial charge in [-0.25, -0.2) is 13.4 Å². The summed E-state index contributed by atoms with van der Waals surface area (Å²) in [5.41, 5.74) is 0.424. The first-order valence-corrected chi connectivity index (χ1v) is 14.2. The second-order valence-electron chi connectivity index (χ2n) is 8.87. The molecule has 2 aliphatic heterocycles. The number of pyridine rings is 1. The van der Waals surface area contributed by atoms with Gasteiger partial charge in [0.25, 0.3) is 15.9 Å². The van der Waals surface area contributed by atoms with Gasteiger partial charge < -0.3 is 15.4 Å². The number of ether oxygens (including phenoxy) is 1. The number of nitrogens with zero attached hydrogens (tertiary/aromatic N) is 2. The zero-order chi connectivity index (χ0) is 27.0. The SMILES string of the molecule is O=C1CCC(CC2CN(S(=O)(=O)c3cccc(Cl)c3)c3cc(NC(=O)c4c(Cl)cccc4Cl)cnc3O2)N1. The Morgan fingerprint density at radius 1 is 1.13 bits per heavy atom. The first-order valence-electron chi connectivity index (χ1n) is 11.6. The average molecular weight is 596 g/mol. The van der Waals surface area contributed by atoms with Gasteiger partial charge in [-0.15, -0.1) is 0 Å². The first kappa shape index (κ1) is 26.6. The molecular weight excluding hydrogens is 575 g/mol. The maximum atomic E-state index is 13.8. The van der Waals surface area contributed by atoms with E-state index >= 15 is 0 Å². The monoisotopic (exact) mass is 594 g/mol. The maximum Gasteiger partial charge on any atom is 0.264 e. The fourth-order valence-corrected chi connectivity index (χ4v) is 6.80. The number of amides is 2. The third-order valence-electron chi connectivity index (χ3n) is 6.21. The fraction of sp³-hybridized carbons (Fsp3) is 0.240. The van der Waals surface area contributed by atoms with Crippen molar-refractivity contribution in [2.24, 2.45) is 0 Å². The Labute approximate surface area is 234 Å². The molecule has 1 aromatic heterocycles. The molecule has 2 N–H and O–H groups in total. The van der Waals surface area contributed by atoms with Crippen LogP contribution in [0.3, 0.4) is 0 Å². The van der Waals surface area contributed by atoms with E-state index < -0.39 is 22.0 Å². The molecule has 0 spiro atoms. The number of sulfonamides is 1. The lowest BCUT2D eigenvalue weighted by atomic mass is 10.1. The normalized spacial score (nSPS) is 18.9. The van der Waals surface area contributed by atoms with Crippen LogP contribution in [0, 0.1) is 0 Å². The summed E-state index contributed by atoms with van der Waals surface area (Å²) in [6.07, 6.45) is 2.23. The van der Waals surface area contributed by atoms with Crippen molar-refractivity contribution in [3.05, 3.63) is 75.4 Å². The number of nitrogens with one attached hydrogen (secondary N) is 2. The van der Waals surface area contributed by atoms with E-state index in [2.05, 4.69) is 15.6 Å². The molecule has 2 atom stereocenters. The van der Waals surface area contributed by atoms with Crippen molar-refractivity contribution in [3.63, 3.8) is 0 Å². The first-order chi connectivity index (χ1) is 18.1. The molecule has 5 rings (SSSR count). The standard InChI is InChI=1S/C25H21Cl3N4O5S/c26-14-3-1-4-18(9-14)38(35,36)32-13-17(10-15-7-8-22(33)30-15)37-25-21(32)11-16(12-29-25)31-24(34)23-19(27)5-2-6-20(23)28/h1-6,9,11-12,15,17H,7-8,10,13H2,(H,30,33)(H,31,34). The number of rotatable bonds is 6. The van der Waals surface area contributed by atoms with Crippen molar-refractivity contribution < 1.29 is 22.7 Å². The molecule has 3 aromatic rings. The van der Waals surface area contributed by atoms with Gasteiger partial charge in [0.15, 0.2) is 0 Å². The van der Waals surface area contributed by atoms with Crippen LogP contribution in [0.2, 0.25) is 15.1 Å². The number of aromatic nitrogens is 1. The van der Waals surface area contributed by atoms with Crippen molar-refractivity contribution >= 4 is 68.0 Å². The number of anilines is 2. The molecule has 3 heterocycles. The van der Waals surface area contributed by atoms with Crippen LogP contribution in [-0.2, 0) is 14.8 Å². The molecule has 2 aromatic carbocycles. The highest BCUT2D eigenvalue weighted by Gasteiger charge is 2.37. The van der Waals surface area contributed by atoms with Crippen LogP contribution >= 0.6 is 34.8 Å². The van der Waals surface area contributed by atoms with Gasteiger partial charge in [0, 0.05) is 23.9 Å². The van der Waals surface area contributed by atoms with Crippen molar-refractivity contribution in [2.75, 3.05) is 16.2 Å². The van der Waals surface area contributed by atoms with E-state index in [1.807, 2.05) is 0 Å². The number of hydrogen-bond acceptors (Lipinski definition) is 6. The molecule has 0 radical (unpaired) electrons. The average Bonchev–Trinajstić information content (AvgIpc) is 3.28. The van der Waals surface area contributed by atoms with Crippen LogP contribution in [0.25, 0.3) is 0 Å². The van der Waals surface area contributed by atoms with Crippen LogP contribution in [0.5, 0.6) is 5.88 Å². The van der Waals surface area contributed by atoms with E-state index in [-0.39, 0.29) is 61.3 Å². The molecule has 0 aliphatic carbocycles. The third kappa shape index (κ3) is 5.40. The Hall–Kier alpha value is -3.05. The van der Waals surface area contributed by atoms with E-state index in [0.717, 1.165) is 0 Å². The van der Waals surface area contributed by atoms with Crippen molar-refractivity contribution in [1.82, 2.24) is 10.3 Å². The van der Waals surface area contributed by atoms with Gasteiger partial charge in [0.2, 0.25) is 11.8 Å². The quantitative estimate of drug-likeness (QED) is 0.418. The predicted molar refractivity (Wildman–Crippen MR) is 145 cm³/mol. The molecule has 13 heteroatoms. The zero-order valence-corrected chi connectivity index (χ0v) is 22.7. The van der Waals surface area contributed by atoms with Gasteiger partial charge in [-0.1, -0.05) is 46.9 Å². The topological polar surface area (TPSA) is 118 Å². The highest BCUT2D eigenvalue weighted by molar-refractivity contribution is 7.92. The largest absolute Gasteiger partial charge is 0.471 e. The van der Waals surface area contributed by atoms with E-state index in [1.54, 1.807) is 18.2 Å². The molecular formula is C25H21Cl3N4O5S. The fourth-order valence-electron chi connectivity index (χ4n) is 4.44. The summed E-state index contributed by atoms with van der Waals surface area (Å²) in [6, 6.07) is 11.9. The van der Waals surface area contributed by atoms with Gasteiger partial charge in [-0.05, 0) is 42.8 Å². The van der Waals surface area contributed by atoms with Crippen LogP contribution in [0.15, 0.2) is 59.6 Å². The zero-order valence-electron chi connectivity index (χ0n) is 19.7. The number of carbonyl (C=O) groups is 2. The van der Waals surface area contributed by atoms with Gasteiger partial charge in [0.1, 0.15) is 11.8 Å². The van der Waals surface area contributed by atoms with Crippen LogP contribution in [-0.4, -0.2) is 43.9 Å². The number of fused-ring (bicyclic) bond motifs is 1. The summed E-state index contributed by atoms with van der Waals surface area (Å²) < 4.78 is 34.8. The number of hydrogen-bond donors (Lipinski definition) is 2. The highest BCUT2D eigenvalue weighted by Crippen LogP contribution is 2.39. The van der Waals surface area contributed by atoms with E-state index in [1.165, 1.54) is 40.8 Å². The van der Waals surface area contributed by atoms with Crippen molar-refractivity contribution in [3.8, 4) is 5.88 Å². The minimum absolute atomic E-state index is 0.0111. The van der Waals surface area contributed by atoms with Crippen molar-refractivity contribution in [2.45, 2.75) is 36.3 Å². The predicted octanol–water partition coefficient (Wildman–Crippen LogP) is 4.92. The smallest absolute Gasteiger partial charge is 0.264 e. The third-order valence-corrected chi connectivity index (χ3v) is 8.85. The molecule has 9 nitrogen and oxygen atoms in total. The van der Waals surface area contributed by atoms with Crippen LogP contribution < -0.4 is 19.7 Å².